The lowest BCUT2D eigenvalue weighted by atomic mass is 9.98. The maximum atomic E-state index is 12.1. The van der Waals surface area contributed by atoms with Crippen LogP contribution >= 0.6 is 0 Å². The van der Waals surface area contributed by atoms with Crippen molar-refractivity contribution in [3.05, 3.63) is 64.5 Å². The molecule has 26 heavy (non-hydrogen) atoms. The molecule has 0 N–H and O–H groups in total. The highest BCUT2D eigenvalue weighted by Gasteiger charge is 2.15. The second-order valence-electron chi connectivity index (χ2n) is 6.75. The number of aryl methyl sites for hydroxylation is 1. The maximum Gasteiger partial charge on any atom is 0.336 e. The minimum Gasteiger partial charge on any atom is -0.491 e. The van der Waals surface area contributed by atoms with Gasteiger partial charge in [0, 0.05) is 29.7 Å². The Bertz CT molecular complexity index is 967. The predicted octanol–water partition coefficient (Wildman–Crippen LogP) is 4.72. The molecule has 3 aromatic rings. The van der Waals surface area contributed by atoms with Crippen LogP contribution in [-0.4, -0.2) is 19.3 Å². The maximum absolute atomic E-state index is 12.1. The van der Waals surface area contributed by atoms with Crippen molar-refractivity contribution in [3.8, 4) is 16.9 Å². The zero-order valence-electron chi connectivity index (χ0n) is 14.9. The molecule has 1 aliphatic heterocycles. The van der Waals surface area contributed by atoms with Crippen LogP contribution in [0.2, 0.25) is 0 Å². The third-order valence-electron chi connectivity index (χ3n) is 4.86. The number of ether oxygens (including phenoxy) is 2. The molecule has 4 heteroatoms. The van der Waals surface area contributed by atoms with E-state index in [0.717, 1.165) is 41.5 Å². The summed E-state index contributed by atoms with van der Waals surface area (Å²) in [5.74, 6) is 0.691. The Balaban J connectivity index is 1.66. The minimum absolute atomic E-state index is 0.143. The van der Waals surface area contributed by atoms with E-state index in [9.17, 15) is 4.79 Å². The average molecular weight is 350 g/mol. The molecular formula is C22H22O4. The van der Waals surface area contributed by atoms with Crippen LogP contribution in [0, 0.1) is 6.92 Å². The lowest BCUT2D eigenvalue weighted by Crippen LogP contribution is -2.25. The first-order valence-corrected chi connectivity index (χ1v) is 9.09. The zero-order valence-corrected chi connectivity index (χ0v) is 14.9. The zero-order chi connectivity index (χ0) is 17.9. The van der Waals surface area contributed by atoms with E-state index >= 15 is 0 Å². The molecule has 1 saturated heterocycles. The molecule has 0 bridgehead atoms. The fourth-order valence-electron chi connectivity index (χ4n) is 3.46. The summed E-state index contributed by atoms with van der Waals surface area (Å²) in [5.41, 5.74) is 3.22. The van der Waals surface area contributed by atoms with Crippen LogP contribution in [0.15, 0.2) is 57.7 Å². The summed E-state index contributed by atoms with van der Waals surface area (Å²) in [7, 11) is 0. The average Bonchev–Trinajstić information content (AvgIpc) is 2.67. The molecule has 2 aromatic carbocycles. The van der Waals surface area contributed by atoms with Gasteiger partial charge in [-0.05, 0) is 49.4 Å². The van der Waals surface area contributed by atoms with Crippen molar-refractivity contribution in [2.45, 2.75) is 32.3 Å². The second-order valence-corrected chi connectivity index (χ2v) is 6.75. The van der Waals surface area contributed by atoms with Crippen molar-refractivity contribution in [1.29, 1.82) is 0 Å². The molecule has 0 saturated carbocycles. The van der Waals surface area contributed by atoms with Crippen LogP contribution in [-0.2, 0) is 4.74 Å². The summed E-state index contributed by atoms with van der Waals surface area (Å²) in [6, 6.07) is 15.3. The van der Waals surface area contributed by atoms with Gasteiger partial charge in [0.05, 0.1) is 6.10 Å². The Morgan fingerprint density at radius 3 is 2.77 bits per heavy atom. The molecule has 134 valence electrons. The highest BCUT2D eigenvalue weighted by Crippen LogP contribution is 2.31. The number of rotatable bonds is 4. The van der Waals surface area contributed by atoms with Crippen molar-refractivity contribution in [1.82, 2.24) is 0 Å². The van der Waals surface area contributed by atoms with Gasteiger partial charge >= 0.3 is 5.63 Å². The van der Waals surface area contributed by atoms with Crippen molar-refractivity contribution >= 4 is 11.0 Å². The molecule has 4 rings (SSSR count). The van der Waals surface area contributed by atoms with E-state index in [0.29, 0.717) is 17.9 Å². The molecule has 1 atom stereocenters. The Labute approximate surface area is 152 Å². The van der Waals surface area contributed by atoms with Gasteiger partial charge in [-0.25, -0.2) is 4.79 Å². The Morgan fingerprint density at radius 1 is 1.08 bits per heavy atom. The summed E-state index contributed by atoms with van der Waals surface area (Å²) in [6.45, 7) is 3.37. The molecule has 0 unspecified atom stereocenters. The fourth-order valence-corrected chi connectivity index (χ4v) is 3.46. The van der Waals surface area contributed by atoms with E-state index in [1.807, 2.05) is 43.3 Å². The lowest BCUT2D eigenvalue weighted by Gasteiger charge is -2.22. The lowest BCUT2D eigenvalue weighted by molar-refractivity contribution is -0.0110. The summed E-state index contributed by atoms with van der Waals surface area (Å²) >= 11 is 0. The highest BCUT2D eigenvalue weighted by atomic mass is 16.5. The van der Waals surface area contributed by atoms with Gasteiger partial charge in [-0.2, -0.15) is 0 Å². The van der Waals surface area contributed by atoms with Gasteiger partial charge in [-0.1, -0.05) is 24.3 Å². The quantitative estimate of drug-likeness (QED) is 0.639. The summed E-state index contributed by atoms with van der Waals surface area (Å²) in [6.07, 6.45) is 3.48. The summed E-state index contributed by atoms with van der Waals surface area (Å²) in [4.78, 5) is 12.1. The monoisotopic (exact) mass is 350 g/mol. The molecule has 4 nitrogen and oxygen atoms in total. The van der Waals surface area contributed by atoms with Crippen LogP contribution < -0.4 is 10.4 Å². The molecule has 1 aromatic heterocycles. The van der Waals surface area contributed by atoms with E-state index in [4.69, 9.17) is 13.9 Å². The Morgan fingerprint density at radius 2 is 1.96 bits per heavy atom. The van der Waals surface area contributed by atoms with Crippen LogP contribution in [0.1, 0.15) is 24.8 Å². The van der Waals surface area contributed by atoms with Gasteiger partial charge < -0.3 is 13.9 Å². The number of hydrogen-bond acceptors (Lipinski definition) is 4. The third kappa shape index (κ3) is 3.51. The standard InChI is InChI=1S/C22H22O4/c1-15-6-2-3-8-18(15)20-13-22(23)26-21-12-16(9-10-19(20)21)25-14-17-7-4-5-11-24-17/h2-3,6,8-10,12-13,17H,4-5,7,11,14H2,1H3/t17-/m0/s1. The highest BCUT2D eigenvalue weighted by molar-refractivity contribution is 5.94. The van der Waals surface area contributed by atoms with Crippen molar-refractivity contribution in [3.63, 3.8) is 0 Å². The Hall–Kier alpha value is -2.59. The van der Waals surface area contributed by atoms with Gasteiger partial charge in [0.1, 0.15) is 17.9 Å². The molecule has 1 aliphatic rings. The fraction of sp³-hybridized carbons (Fsp3) is 0.318. The van der Waals surface area contributed by atoms with E-state index in [1.54, 1.807) is 12.1 Å². The van der Waals surface area contributed by atoms with Gasteiger partial charge in [0.25, 0.3) is 0 Å². The van der Waals surface area contributed by atoms with Gasteiger partial charge in [-0.15, -0.1) is 0 Å². The minimum atomic E-state index is -0.358. The number of benzene rings is 2. The first-order valence-electron chi connectivity index (χ1n) is 9.09. The largest absolute Gasteiger partial charge is 0.491 e. The third-order valence-corrected chi connectivity index (χ3v) is 4.86. The van der Waals surface area contributed by atoms with Gasteiger partial charge in [-0.3, -0.25) is 0 Å². The van der Waals surface area contributed by atoms with Crippen molar-refractivity contribution in [2.75, 3.05) is 13.2 Å². The van der Waals surface area contributed by atoms with Crippen LogP contribution in [0.25, 0.3) is 22.1 Å². The molecule has 0 radical (unpaired) electrons. The topological polar surface area (TPSA) is 48.7 Å². The molecule has 0 amide bonds. The van der Waals surface area contributed by atoms with Crippen LogP contribution in [0.4, 0.5) is 0 Å². The van der Waals surface area contributed by atoms with Gasteiger partial charge in [0.2, 0.25) is 0 Å². The molecule has 2 heterocycles. The summed E-state index contributed by atoms with van der Waals surface area (Å²) in [5, 5.41) is 0.903. The van der Waals surface area contributed by atoms with E-state index in [-0.39, 0.29) is 11.7 Å². The first kappa shape index (κ1) is 16.9. The van der Waals surface area contributed by atoms with Crippen molar-refractivity contribution in [2.24, 2.45) is 0 Å². The Kier molecular flexibility index (Phi) is 4.76. The normalized spacial score (nSPS) is 17.3. The first-order chi connectivity index (χ1) is 12.7. The molecule has 0 aliphatic carbocycles. The SMILES string of the molecule is Cc1ccccc1-c1cc(=O)oc2cc(OC[C@@H]3CCCCO3)ccc12. The number of hydrogen-bond donors (Lipinski definition) is 0. The van der Waals surface area contributed by atoms with E-state index < -0.39 is 0 Å². The molecular weight excluding hydrogens is 328 g/mol. The smallest absolute Gasteiger partial charge is 0.336 e. The molecule has 1 fully saturated rings. The van der Waals surface area contributed by atoms with Crippen LogP contribution in [0.3, 0.4) is 0 Å². The predicted molar refractivity (Wildman–Crippen MR) is 102 cm³/mol. The summed E-state index contributed by atoms with van der Waals surface area (Å²) < 4.78 is 17.0. The van der Waals surface area contributed by atoms with E-state index in [1.165, 1.54) is 6.42 Å². The van der Waals surface area contributed by atoms with Gasteiger partial charge in [0.15, 0.2) is 0 Å². The number of fused-ring (bicyclic) bond motifs is 1. The molecule has 0 spiro atoms. The van der Waals surface area contributed by atoms with Crippen LogP contribution in [0.5, 0.6) is 5.75 Å². The van der Waals surface area contributed by atoms with E-state index in [2.05, 4.69) is 0 Å². The van der Waals surface area contributed by atoms with Crippen molar-refractivity contribution < 1.29 is 13.9 Å². The second kappa shape index (κ2) is 7.34.